The number of halogens is 2. The van der Waals surface area contributed by atoms with E-state index in [4.69, 9.17) is 4.74 Å². The van der Waals surface area contributed by atoms with E-state index >= 15 is 0 Å². The second kappa shape index (κ2) is 4.17. The summed E-state index contributed by atoms with van der Waals surface area (Å²) in [5, 5.41) is 0. The number of hydrogen-bond acceptors (Lipinski definition) is 2. The molecule has 0 aliphatic carbocycles. The molecule has 0 bridgehead atoms. The molecule has 1 aromatic rings. The van der Waals surface area contributed by atoms with Crippen LogP contribution in [0.1, 0.15) is 12.5 Å². The van der Waals surface area contributed by atoms with E-state index < -0.39 is 5.60 Å². The molecular formula is C13H11I2NO2. The van der Waals surface area contributed by atoms with Gasteiger partial charge in [0.2, 0.25) is 0 Å². The Kier molecular flexibility index (Phi) is 2.98. The van der Waals surface area contributed by atoms with Gasteiger partial charge in [0.1, 0.15) is 0 Å². The minimum absolute atomic E-state index is 0.0173. The van der Waals surface area contributed by atoms with E-state index in [2.05, 4.69) is 51.2 Å². The predicted molar refractivity (Wildman–Crippen MR) is 86.9 cm³/mol. The summed E-state index contributed by atoms with van der Waals surface area (Å²) in [6.45, 7) is 2.52. The number of likely N-dealkylation sites (N-methyl/N-ethyl adjacent to an activating group) is 1. The third-order valence-electron chi connectivity index (χ3n) is 3.66. The smallest absolute Gasteiger partial charge is 0.268 e. The molecule has 0 fully saturated rings. The standard InChI is InChI=1S/C13H11I2NO2/c1-7-10(15)6-18-13(7)9-5-8(14)3-4-11(9)16(2)12(13)17/h3-5H,6H2,1-2H3. The van der Waals surface area contributed by atoms with Crippen LogP contribution in [0.15, 0.2) is 27.4 Å². The van der Waals surface area contributed by atoms with E-state index in [1.54, 1.807) is 4.90 Å². The molecule has 3 rings (SSSR count). The molecule has 94 valence electrons. The molecule has 2 aliphatic rings. The van der Waals surface area contributed by atoms with Gasteiger partial charge in [0.15, 0.2) is 5.60 Å². The minimum atomic E-state index is -0.873. The van der Waals surface area contributed by atoms with Crippen LogP contribution >= 0.6 is 45.2 Å². The molecule has 1 aromatic carbocycles. The Morgan fingerprint density at radius 1 is 1.39 bits per heavy atom. The zero-order chi connectivity index (χ0) is 13.1. The Hall–Kier alpha value is -0.150. The molecule has 0 aromatic heterocycles. The van der Waals surface area contributed by atoms with Gasteiger partial charge >= 0.3 is 0 Å². The van der Waals surface area contributed by atoms with Crippen LogP contribution in [-0.4, -0.2) is 19.6 Å². The Morgan fingerprint density at radius 2 is 2.11 bits per heavy atom. The molecule has 0 radical (unpaired) electrons. The van der Waals surface area contributed by atoms with Crippen LogP contribution in [0.2, 0.25) is 0 Å². The van der Waals surface area contributed by atoms with Gasteiger partial charge in [-0.3, -0.25) is 4.79 Å². The van der Waals surface area contributed by atoms with Gasteiger partial charge in [0.05, 0.1) is 12.3 Å². The topological polar surface area (TPSA) is 29.5 Å². The molecular weight excluding hydrogens is 456 g/mol. The van der Waals surface area contributed by atoms with Gasteiger partial charge in [-0.05, 0) is 75.9 Å². The van der Waals surface area contributed by atoms with Gasteiger partial charge in [0, 0.05) is 19.8 Å². The molecule has 0 N–H and O–H groups in total. The highest BCUT2D eigenvalue weighted by Crippen LogP contribution is 2.51. The van der Waals surface area contributed by atoms with Crippen LogP contribution < -0.4 is 4.90 Å². The molecule has 2 heterocycles. The van der Waals surface area contributed by atoms with Crippen molar-refractivity contribution in [2.24, 2.45) is 0 Å². The van der Waals surface area contributed by atoms with Gasteiger partial charge in [-0.25, -0.2) is 0 Å². The summed E-state index contributed by atoms with van der Waals surface area (Å²) in [5.41, 5.74) is 2.08. The van der Waals surface area contributed by atoms with E-state index in [0.717, 1.165) is 24.0 Å². The van der Waals surface area contributed by atoms with E-state index in [1.165, 1.54) is 0 Å². The number of amides is 1. The monoisotopic (exact) mass is 467 g/mol. The Labute approximate surface area is 133 Å². The normalized spacial score (nSPS) is 26.4. The van der Waals surface area contributed by atoms with Gasteiger partial charge in [-0.15, -0.1) is 0 Å². The van der Waals surface area contributed by atoms with Gasteiger partial charge in [0.25, 0.3) is 5.91 Å². The highest BCUT2D eigenvalue weighted by atomic mass is 127. The van der Waals surface area contributed by atoms with Crippen molar-refractivity contribution in [3.63, 3.8) is 0 Å². The molecule has 18 heavy (non-hydrogen) atoms. The van der Waals surface area contributed by atoms with E-state index in [-0.39, 0.29) is 5.91 Å². The van der Waals surface area contributed by atoms with Crippen molar-refractivity contribution in [1.29, 1.82) is 0 Å². The van der Waals surface area contributed by atoms with Crippen LogP contribution in [0.5, 0.6) is 0 Å². The number of hydrogen-bond donors (Lipinski definition) is 0. The molecule has 0 saturated carbocycles. The van der Waals surface area contributed by atoms with E-state index in [0.29, 0.717) is 6.61 Å². The van der Waals surface area contributed by atoms with Crippen LogP contribution in [0, 0.1) is 3.57 Å². The molecule has 0 saturated heterocycles. The minimum Gasteiger partial charge on any atom is -0.351 e. The van der Waals surface area contributed by atoms with Crippen molar-refractivity contribution >= 4 is 56.8 Å². The summed E-state index contributed by atoms with van der Waals surface area (Å²) < 4.78 is 8.16. The maximum Gasteiger partial charge on any atom is 0.268 e. The number of nitrogens with zero attached hydrogens (tertiary/aromatic N) is 1. The van der Waals surface area contributed by atoms with E-state index in [1.807, 2.05) is 26.1 Å². The molecule has 2 aliphatic heterocycles. The first-order valence-electron chi connectivity index (χ1n) is 5.56. The van der Waals surface area contributed by atoms with Crippen molar-refractivity contribution in [2.75, 3.05) is 18.6 Å². The summed E-state index contributed by atoms with van der Waals surface area (Å²) >= 11 is 4.53. The fourth-order valence-corrected chi connectivity index (χ4v) is 3.65. The lowest BCUT2D eigenvalue weighted by Gasteiger charge is -2.24. The van der Waals surface area contributed by atoms with Crippen molar-refractivity contribution in [2.45, 2.75) is 12.5 Å². The van der Waals surface area contributed by atoms with Crippen LogP contribution in [0.4, 0.5) is 5.69 Å². The number of carbonyl (C=O) groups is 1. The molecule has 1 atom stereocenters. The van der Waals surface area contributed by atoms with Crippen molar-refractivity contribution in [3.8, 4) is 0 Å². The summed E-state index contributed by atoms with van der Waals surface area (Å²) in [7, 11) is 1.81. The summed E-state index contributed by atoms with van der Waals surface area (Å²) in [6.07, 6.45) is 0. The first-order valence-corrected chi connectivity index (χ1v) is 7.72. The first kappa shape index (κ1) is 12.9. The summed E-state index contributed by atoms with van der Waals surface area (Å²) in [4.78, 5) is 14.3. The third-order valence-corrected chi connectivity index (χ3v) is 5.45. The second-order valence-corrected chi connectivity index (χ2v) is 7.07. The number of carbonyl (C=O) groups excluding carboxylic acids is 1. The SMILES string of the molecule is CC1=C(I)COC12C(=O)N(C)c1ccc(I)cc12. The zero-order valence-electron chi connectivity index (χ0n) is 9.96. The Balaban J connectivity index is 2.31. The lowest BCUT2D eigenvalue weighted by molar-refractivity contribution is -0.135. The molecule has 1 amide bonds. The fraction of sp³-hybridized carbons (Fsp3) is 0.308. The van der Waals surface area contributed by atoms with Crippen LogP contribution in [-0.2, 0) is 15.1 Å². The predicted octanol–water partition coefficient (Wildman–Crippen LogP) is 3.20. The first-order chi connectivity index (χ1) is 8.48. The molecule has 1 spiro atoms. The number of benzene rings is 1. The lowest BCUT2D eigenvalue weighted by Crippen LogP contribution is -2.39. The van der Waals surface area contributed by atoms with Gasteiger partial charge < -0.3 is 9.64 Å². The lowest BCUT2D eigenvalue weighted by atomic mass is 9.89. The van der Waals surface area contributed by atoms with Crippen molar-refractivity contribution < 1.29 is 9.53 Å². The largest absolute Gasteiger partial charge is 0.351 e. The van der Waals surface area contributed by atoms with Crippen molar-refractivity contribution in [3.05, 3.63) is 36.5 Å². The highest BCUT2D eigenvalue weighted by molar-refractivity contribution is 14.1. The summed E-state index contributed by atoms with van der Waals surface area (Å²) in [6, 6.07) is 6.06. The van der Waals surface area contributed by atoms with Gasteiger partial charge in [-0.2, -0.15) is 0 Å². The number of ether oxygens (including phenoxy) is 1. The van der Waals surface area contributed by atoms with Crippen molar-refractivity contribution in [1.82, 2.24) is 0 Å². The highest BCUT2D eigenvalue weighted by Gasteiger charge is 2.55. The molecule has 1 unspecified atom stereocenters. The third kappa shape index (κ3) is 1.46. The van der Waals surface area contributed by atoms with Gasteiger partial charge in [-0.1, -0.05) is 0 Å². The molecule has 3 nitrogen and oxygen atoms in total. The fourth-order valence-electron chi connectivity index (χ4n) is 2.62. The quantitative estimate of drug-likeness (QED) is 0.549. The summed E-state index contributed by atoms with van der Waals surface area (Å²) in [5.74, 6) is 0.0173. The Bertz CT molecular complexity index is 597. The number of anilines is 1. The second-order valence-electron chi connectivity index (χ2n) is 4.53. The maximum atomic E-state index is 12.6. The maximum absolute atomic E-state index is 12.6. The average molecular weight is 467 g/mol. The van der Waals surface area contributed by atoms with E-state index in [9.17, 15) is 4.79 Å². The number of rotatable bonds is 0. The number of fused-ring (bicyclic) bond motifs is 2. The Morgan fingerprint density at radius 3 is 2.72 bits per heavy atom. The van der Waals surface area contributed by atoms with Crippen LogP contribution in [0.25, 0.3) is 0 Å². The zero-order valence-corrected chi connectivity index (χ0v) is 14.3. The average Bonchev–Trinajstić information content (AvgIpc) is 2.75. The van der Waals surface area contributed by atoms with Crippen LogP contribution in [0.3, 0.4) is 0 Å². The molecule has 5 heteroatoms.